The van der Waals surface area contributed by atoms with E-state index in [1.54, 1.807) is 12.4 Å². The Morgan fingerprint density at radius 1 is 0.857 bits per heavy atom. The minimum absolute atomic E-state index is 0.0640. The lowest BCUT2D eigenvalue weighted by Gasteiger charge is -2.37. The molecule has 1 aromatic heterocycles. The average Bonchev–Trinajstić information content (AvgIpc) is 3.15. The van der Waals surface area contributed by atoms with Crippen molar-refractivity contribution in [3.8, 4) is 0 Å². The third-order valence-electron chi connectivity index (χ3n) is 8.21. The number of likely N-dealkylation sites (tertiary alicyclic amines) is 1. The van der Waals surface area contributed by atoms with Gasteiger partial charge in [-0.25, -0.2) is 9.97 Å². The van der Waals surface area contributed by atoms with Crippen molar-refractivity contribution in [1.29, 1.82) is 0 Å². The highest BCUT2D eigenvalue weighted by molar-refractivity contribution is 6.05. The summed E-state index contributed by atoms with van der Waals surface area (Å²) in [6.07, 6.45) is 11.6. The molecule has 3 unspecified atom stereocenters. The van der Waals surface area contributed by atoms with E-state index in [4.69, 9.17) is 4.74 Å². The van der Waals surface area contributed by atoms with Gasteiger partial charge in [0.2, 0.25) is 17.8 Å². The van der Waals surface area contributed by atoms with Crippen LogP contribution < -0.4 is 4.90 Å². The van der Waals surface area contributed by atoms with Crippen LogP contribution in [0.2, 0.25) is 0 Å². The average molecular weight is 484 g/mol. The van der Waals surface area contributed by atoms with Crippen molar-refractivity contribution in [2.24, 2.45) is 17.8 Å². The fourth-order valence-electron chi connectivity index (χ4n) is 6.22. The number of rotatable bonds is 7. The Kier molecular flexibility index (Phi) is 7.60. The molecule has 1 aromatic rings. The molecule has 2 saturated heterocycles. The molecule has 4 aliphatic rings. The van der Waals surface area contributed by atoms with Gasteiger partial charge in [0, 0.05) is 45.1 Å². The van der Waals surface area contributed by atoms with Crippen molar-refractivity contribution in [3.63, 3.8) is 0 Å². The molecule has 9 heteroatoms. The van der Waals surface area contributed by atoms with E-state index in [0.717, 1.165) is 83.5 Å². The van der Waals surface area contributed by atoms with Crippen LogP contribution in [0.1, 0.15) is 57.8 Å². The van der Waals surface area contributed by atoms with Crippen LogP contribution in [0.5, 0.6) is 0 Å². The third-order valence-corrected chi connectivity index (χ3v) is 8.21. The van der Waals surface area contributed by atoms with Crippen molar-refractivity contribution >= 4 is 23.7 Å². The van der Waals surface area contributed by atoms with E-state index in [1.807, 2.05) is 6.07 Å². The molecule has 2 amide bonds. The number of imide groups is 1. The highest BCUT2D eigenvalue weighted by atomic mass is 16.5. The smallest absolute Gasteiger partial charge is 0.309 e. The Labute approximate surface area is 207 Å². The monoisotopic (exact) mass is 483 g/mol. The largest absolute Gasteiger partial charge is 0.459 e. The van der Waals surface area contributed by atoms with E-state index in [9.17, 15) is 14.4 Å². The Morgan fingerprint density at radius 2 is 1.46 bits per heavy atom. The van der Waals surface area contributed by atoms with E-state index in [0.29, 0.717) is 6.54 Å². The predicted octanol–water partition coefficient (Wildman–Crippen LogP) is 2.27. The van der Waals surface area contributed by atoms with Gasteiger partial charge < -0.3 is 9.64 Å². The van der Waals surface area contributed by atoms with Crippen molar-refractivity contribution in [1.82, 2.24) is 19.8 Å². The number of ether oxygens (including phenoxy) is 1. The first-order chi connectivity index (χ1) is 17.1. The molecule has 0 bridgehead atoms. The molecule has 0 N–H and O–H groups in total. The van der Waals surface area contributed by atoms with Crippen LogP contribution in [0.25, 0.3) is 0 Å². The van der Waals surface area contributed by atoms with Gasteiger partial charge in [0.1, 0.15) is 6.10 Å². The first-order valence-corrected chi connectivity index (χ1v) is 13.4. The fraction of sp³-hybridized carbons (Fsp3) is 0.731. The summed E-state index contributed by atoms with van der Waals surface area (Å²) in [5.74, 6) is 0.00589. The van der Waals surface area contributed by atoms with Gasteiger partial charge in [-0.15, -0.1) is 0 Å². The molecular formula is C26H37N5O4. The van der Waals surface area contributed by atoms with Crippen LogP contribution in [0.15, 0.2) is 18.5 Å². The van der Waals surface area contributed by atoms with E-state index in [1.165, 1.54) is 11.3 Å². The zero-order valence-electron chi connectivity index (χ0n) is 20.5. The number of fused-ring (bicyclic) bond motifs is 1. The number of carbonyl (C=O) groups is 3. The molecule has 3 heterocycles. The number of anilines is 1. The van der Waals surface area contributed by atoms with Gasteiger partial charge in [-0.3, -0.25) is 24.2 Å². The number of hydrogen-bond acceptors (Lipinski definition) is 8. The Balaban J connectivity index is 1.24. The summed E-state index contributed by atoms with van der Waals surface area (Å²) in [6, 6.07) is 1.81. The van der Waals surface area contributed by atoms with Gasteiger partial charge in [-0.05, 0) is 31.7 Å². The molecule has 2 saturated carbocycles. The molecule has 9 nitrogen and oxygen atoms in total. The quantitative estimate of drug-likeness (QED) is 0.431. The molecule has 3 atom stereocenters. The van der Waals surface area contributed by atoms with Crippen molar-refractivity contribution in [2.45, 2.75) is 63.9 Å². The maximum atomic E-state index is 13.1. The molecule has 0 aromatic carbocycles. The van der Waals surface area contributed by atoms with Crippen LogP contribution in [-0.4, -0.2) is 82.9 Å². The molecule has 2 aliphatic heterocycles. The minimum Gasteiger partial charge on any atom is -0.459 e. The van der Waals surface area contributed by atoms with Crippen molar-refractivity contribution in [3.05, 3.63) is 18.5 Å². The maximum absolute atomic E-state index is 13.1. The summed E-state index contributed by atoms with van der Waals surface area (Å²) < 4.78 is 6.05. The topological polar surface area (TPSA) is 95.9 Å². The first kappa shape index (κ1) is 24.2. The molecule has 0 spiro atoms. The van der Waals surface area contributed by atoms with Gasteiger partial charge in [-0.2, -0.15) is 0 Å². The molecule has 35 heavy (non-hydrogen) atoms. The van der Waals surface area contributed by atoms with Crippen molar-refractivity contribution in [2.75, 3.05) is 44.2 Å². The summed E-state index contributed by atoms with van der Waals surface area (Å²) in [5.41, 5.74) is 0. The summed E-state index contributed by atoms with van der Waals surface area (Å²) in [6.45, 7) is 3.81. The van der Waals surface area contributed by atoms with E-state index in [2.05, 4.69) is 19.8 Å². The van der Waals surface area contributed by atoms with Gasteiger partial charge in [0.25, 0.3) is 0 Å². The second kappa shape index (κ2) is 11.0. The second-order valence-electron chi connectivity index (χ2n) is 10.5. The normalized spacial score (nSPS) is 27.1. The molecular weight excluding hydrogens is 446 g/mol. The van der Waals surface area contributed by atoms with Crippen LogP contribution in [0, 0.1) is 17.8 Å². The van der Waals surface area contributed by atoms with Crippen LogP contribution in [-0.2, 0) is 19.1 Å². The minimum atomic E-state index is -0.503. The molecule has 190 valence electrons. The number of piperazine rings is 1. The van der Waals surface area contributed by atoms with E-state index in [-0.39, 0.29) is 42.1 Å². The number of nitrogens with zero attached hydrogens (tertiary/aromatic N) is 5. The van der Waals surface area contributed by atoms with E-state index < -0.39 is 6.10 Å². The van der Waals surface area contributed by atoms with E-state index >= 15 is 0 Å². The van der Waals surface area contributed by atoms with Gasteiger partial charge in [0.05, 0.1) is 24.3 Å². The Bertz CT molecular complexity index is 874. The highest BCUT2D eigenvalue weighted by Crippen LogP contribution is 2.38. The molecule has 2 aliphatic carbocycles. The Hall–Kier alpha value is -2.55. The summed E-state index contributed by atoms with van der Waals surface area (Å²) in [7, 11) is 0. The number of aromatic nitrogens is 2. The van der Waals surface area contributed by atoms with Crippen LogP contribution in [0.4, 0.5) is 5.95 Å². The standard InChI is InChI=1S/C26H37N5O4/c32-23-21-9-4-5-10-22(21)24(33)31(23)18-20(35-25(34)19-7-2-1-3-8-19)17-29-13-15-30(16-14-29)26-27-11-6-12-28-26/h6,11-12,19-22H,1-5,7-10,13-18H2. The third kappa shape index (κ3) is 5.50. The zero-order valence-corrected chi connectivity index (χ0v) is 20.5. The second-order valence-corrected chi connectivity index (χ2v) is 10.5. The van der Waals surface area contributed by atoms with Gasteiger partial charge in [0.15, 0.2) is 0 Å². The number of carbonyl (C=O) groups excluding carboxylic acids is 3. The van der Waals surface area contributed by atoms with Crippen LogP contribution in [0.3, 0.4) is 0 Å². The lowest BCUT2D eigenvalue weighted by atomic mass is 9.81. The summed E-state index contributed by atoms with van der Waals surface area (Å²) in [4.78, 5) is 53.7. The maximum Gasteiger partial charge on any atom is 0.309 e. The zero-order chi connectivity index (χ0) is 24.2. The number of amides is 2. The molecule has 5 rings (SSSR count). The highest BCUT2D eigenvalue weighted by Gasteiger charge is 2.49. The lowest BCUT2D eigenvalue weighted by molar-refractivity contribution is -0.160. The molecule has 0 radical (unpaired) electrons. The van der Waals surface area contributed by atoms with Crippen molar-refractivity contribution < 1.29 is 19.1 Å². The SMILES string of the molecule is O=C(OC(CN1CCN(c2ncccn2)CC1)CN1C(=O)C2CCCCC2C1=O)C1CCCCC1. The van der Waals surface area contributed by atoms with Gasteiger partial charge >= 0.3 is 5.97 Å². The lowest BCUT2D eigenvalue weighted by Crippen LogP contribution is -2.52. The summed E-state index contributed by atoms with van der Waals surface area (Å²) >= 11 is 0. The first-order valence-electron chi connectivity index (χ1n) is 13.4. The van der Waals surface area contributed by atoms with Gasteiger partial charge in [-0.1, -0.05) is 32.1 Å². The van der Waals surface area contributed by atoms with Crippen LogP contribution >= 0.6 is 0 Å². The predicted molar refractivity (Wildman–Crippen MR) is 129 cm³/mol. The number of esters is 1. The Morgan fingerprint density at radius 3 is 2.09 bits per heavy atom. The summed E-state index contributed by atoms with van der Waals surface area (Å²) in [5, 5.41) is 0. The number of hydrogen-bond donors (Lipinski definition) is 0. The molecule has 4 fully saturated rings. The fourth-order valence-corrected chi connectivity index (χ4v) is 6.22.